The van der Waals surface area contributed by atoms with Crippen molar-refractivity contribution in [1.29, 1.82) is 0 Å². The zero-order valence-corrected chi connectivity index (χ0v) is 12.9. The first-order valence-electron chi connectivity index (χ1n) is 6.77. The minimum Gasteiger partial charge on any atom is -0.496 e. The summed E-state index contributed by atoms with van der Waals surface area (Å²) in [5.74, 6) is 0.397. The molecule has 110 valence electrons. The summed E-state index contributed by atoms with van der Waals surface area (Å²) in [6.07, 6.45) is 0. The molecule has 0 radical (unpaired) electrons. The van der Waals surface area contributed by atoms with Crippen molar-refractivity contribution in [3.8, 4) is 5.75 Å². The SMILES string of the molecule is COC(=O)C1(C(C)C)OC1(C)c1cc(C)ccc1OC. The van der Waals surface area contributed by atoms with Crippen molar-refractivity contribution < 1.29 is 19.0 Å². The number of esters is 1. The number of methoxy groups -OCH3 is 2. The van der Waals surface area contributed by atoms with Gasteiger partial charge in [0.25, 0.3) is 0 Å². The maximum atomic E-state index is 12.2. The molecule has 0 saturated carbocycles. The van der Waals surface area contributed by atoms with Crippen LogP contribution in [0.5, 0.6) is 5.75 Å². The quantitative estimate of drug-likeness (QED) is 0.627. The van der Waals surface area contributed by atoms with Gasteiger partial charge in [0.05, 0.1) is 14.2 Å². The van der Waals surface area contributed by atoms with Crippen molar-refractivity contribution in [2.24, 2.45) is 5.92 Å². The second-order valence-electron chi connectivity index (χ2n) is 5.72. The molecule has 0 aliphatic carbocycles. The lowest BCUT2D eigenvalue weighted by molar-refractivity contribution is -0.148. The molecule has 1 saturated heterocycles. The average molecular weight is 278 g/mol. The summed E-state index contributed by atoms with van der Waals surface area (Å²) in [5.41, 5.74) is 0.327. The van der Waals surface area contributed by atoms with E-state index in [1.165, 1.54) is 7.11 Å². The summed E-state index contributed by atoms with van der Waals surface area (Å²) in [4.78, 5) is 12.2. The Hall–Kier alpha value is -1.55. The van der Waals surface area contributed by atoms with E-state index in [0.717, 1.165) is 16.9 Å². The molecule has 1 heterocycles. The van der Waals surface area contributed by atoms with Crippen LogP contribution in [0.15, 0.2) is 18.2 Å². The Morgan fingerprint density at radius 2 is 1.95 bits per heavy atom. The van der Waals surface area contributed by atoms with Crippen LogP contribution in [0.3, 0.4) is 0 Å². The van der Waals surface area contributed by atoms with Gasteiger partial charge in [0.2, 0.25) is 5.60 Å². The van der Waals surface area contributed by atoms with Crippen LogP contribution in [0, 0.1) is 12.8 Å². The number of carbonyl (C=O) groups excluding carboxylic acids is 1. The molecule has 1 aliphatic heterocycles. The molecule has 2 unspecified atom stereocenters. The number of epoxide rings is 1. The van der Waals surface area contributed by atoms with Gasteiger partial charge in [0, 0.05) is 5.56 Å². The molecule has 1 aromatic carbocycles. The number of carbonyl (C=O) groups is 1. The van der Waals surface area contributed by atoms with Crippen molar-refractivity contribution in [1.82, 2.24) is 0 Å². The largest absolute Gasteiger partial charge is 0.496 e. The monoisotopic (exact) mass is 278 g/mol. The first-order chi connectivity index (χ1) is 9.33. The Morgan fingerprint density at radius 1 is 1.30 bits per heavy atom. The van der Waals surface area contributed by atoms with Crippen LogP contribution < -0.4 is 4.74 Å². The molecule has 1 fully saturated rings. The Bertz CT molecular complexity index is 537. The molecule has 0 spiro atoms. The average Bonchev–Trinajstić information content (AvgIpc) is 3.07. The zero-order chi connectivity index (χ0) is 15.1. The van der Waals surface area contributed by atoms with Gasteiger partial charge in [0.15, 0.2) is 0 Å². The van der Waals surface area contributed by atoms with Gasteiger partial charge in [-0.25, -0.2) is 4.79 Å². The number of hydrogen-bond donors (Lipinski definition) is 0. The van der Waals surface area contributed by atoms with E-state index >= 15 is 0 Å². The van der Waals surface area contributed by atoms with Crippen molar-refractivity contribution in [2.75, 3.05) is 14.2 Å². The van der Waals surface area contributed by atoms with Crippen molar-refractivity contribution in [3.63, 3.8) is 0 Å². The van der Waals surface area contributed by atoms with E-state index in [2.05, 4.69) is 0 Å². The van der Waals surface area contributed by atoms with Gasteiger partial charge in [-0.1, -0.05) is 25.5 Å². The first-order valence-corrected chi connectivity index (χ1v) is 6.77. The van der Waals surface area contributed by atoms with Crippen molar-refractivity contribution >= 4 is 5.97 Å². The molecule has 0 aromatic heterocycles. The van der Waals surface area contributed by atoms with E-state index in [9.17, 15) is 4.79 Å². The van der Waals surface area contributed by atoms with E-state index in [1.807, 2.05) is 45.9 Å². The minimum atomic E-state index is -0.942. The van der Waals surface area contributed by atoms with Crippen LogP contribution in [-0.4, -0.2) is 25.8 Å². The fourth-order valence-corrected chi connectivity index (χ4v) is 3.04. The fraction of sp³-hybridized carbons (Fsp3) is 0.562. The number of benzene rings is 1. The van der Waals surface area contributed by atoms with E-state index in [4.69, 9.17) is 14.2 Å². The number of hydrogen-bond acceptors (Lipinski definition) is 4. The third-order valence-corrected chi connectivity index (χ3v) is 4.20. The Kier molecular flexibility index (Phi) is 3.54. The molecule has 2 rings (SSSR count). The van der Waals surface area contributed by atoms with Crippen LogP contribution in [0.2, 0.25) is 0 Å². The van der Waals surface area contributed by atoms with Crippen LogP contribution in [-0.2, 0) is 19.9 Å². The molecule has 1 aromatic rings. The standard InChI is InChI=1S/C16H22O4/c1-10(2)16(14(17)19-6)15(4,20-16)12-9-11(3)7-8-13(12)18-5/h7-10H,1-6H3. The molecular formula is C16H22O4. The van der Waals surface area contributed by atoms with Gasteiger partial charge < -0.3 is 14.2 Å². The summed E-state index contributed by atoms with van der Waals surface area (Å²) >= 11 is 0. The highest BCUT2D eigenvalue weighted by Crippen LogP contribution is 2.61. The van der Waals surface area contributed by atoms with Crippen molar-refractivity contribution in [3.05, 3.63) is 29.3 Å². The Morgan fingerprint density at radius 3 is 2.45 bits per heavy atom. The second kappa shape index (κ2) is 4.77. The van der Waals surface area contributed by atoms with Crippen LogP contribution in [0.25, 0.3) is 0 Å². The predicted octanol–water partition coefficient (Wildman–Crippen LogP) is 2.82. The molecule has 20 heavy (non-hydrogen) atoms. The highest BCUT2D eigenvalue weighted by Gasteiger charge is 2.75. The summed E-state index contributed by atoms with van der Waals surface area (Å²) < 4.78 is 16.3. The summed E-state index contributed by atoms with van der Waals surface area (Å²) in [6.45, 7) is 7.85. The summed E-state index contributed by atoms with van der Waals surface area (Å²) in [6, 6.07) is 5.88. The predicted molar refractivity (Wildman–Crippen MR) is 75.8 cm³/mol. The highest BCUT2D eigenvalue weighted by molar-refractivity contribution is 5.86. The normalized spacial score (nSPS) is 28.4. The maximum Gasteiger partial charge on any atom is 0.341 e. The molecule has 4 heteroatoms. The van der Waals surface area contributed by atoms with Crippen molar-refractivity contribution in [2.45, 2.75) is 38.9 Å². The molecule has 0 bridgehead atoms. The topological polar surface area (TPSA) is 48.1 Å². The molecule has 2 atom stereocenters. The third kappa shape index (κ3) is 1.82. The van der Waals surface area contributed by atoms with E-state index in [-0.39, 0.29) is 11.9 Å². The lowest BCUT2D eigenvalue weighted by Gasteiger charge is -2.20. The first kappa shape index (κ1) is 14.9. The van der Waals surface area contributed by atoms with Gasteiger partial charge in [-0.05, 0) is 31.9 Å². The van der Waals surface area contributed by atoms with Gasteiger partial charge in [-0.15, -0.1) is 0 Å². The van der Waals surface area contributed by atoms with Crippen LogP contribution in [0.4, 0.5) is 0 Å². The lowest BCUT2D eigenvalue weighted by Crippen LogP contribution is -2.37. The molecule has 0 N–H and O–H groups in total. The van der Waals surface area contributed by atoms with Crippen LogP contribution in [0.1, 0.15) is 31.9 Å². The van der Waals surface area contributed by atoms with Gasteiger partial charge >= 0.3 is 5.97 Å². The van der Waals surface area contributed by atoms with E-state index in [0.29, 0.717) is 0 Å². The fourth-order valence-electron chi connectivity index (χ4n) is 3.04. The highest BCUT2D eigenvalue weighted by atomic mass is 16.7. The number of ether oxygens (including phenoxy) is 3. The van der Waals surface area contributed by atoms with Gasteiger partial charge in [-0.2, -0.15) is 0 Å². The van der Waals surface area contributed by atoms with Crippen LogP contribution >= 0.6 is 0 Å². The maximum absolute atomic E-state index is 12.2. The third-order valence-electron chi connectivity index (χ3n) is 4.20. The smallest absolute Gasteiger partial charge is 0.341 e. The van der Waals surface area contributed by atoms with Gasteiger partial charge in [0.1, 0.15) is 11.4 Å². The lowest BCUT2D eigenvalue weighted by atomic mass is 9.79. The summed E-state index contributed by atoms with van der Waals surface area (Å²) in [7, 11) is 3.01. The zero-order valence-electron chi connectivity index (χ0n) is 12.9. The van der Waals surface area contributed by atoms with E-state index in [1.54, 1.807) is 7.11 Å². The molecule has 0 amide bonds. The summed E-state index contributed by atoms with van der Waals surface area (Å²) in [5, 5.41) is 0. The molecule has 4 nitrogen and oxygen atoms in total. The Labute approximate surface area is 120 Å². The number of aryl methyl sites for hydroxylation is 1. The van der Waals surface area contributed by atoms with E-state index < -0.39 is 11.2 Å². The van der Waals surface area contributed by atoms with Gasteiger partial charge in [-0.3, -0.25) is 0 Å². The number of rotatable bonds is 4. The molecular weight excluding hydrogens is 256 g/mol. The Balaban J connectivity index is 2.53. The minimum absolute atomic E-state index is 0.00479. The second-order valence-corrected chi connectivity index (χ2v) is 5.72. The molecule has 1 aliphatic rings.